The largest absolute Gasteiger partial charge is 0.510 e. The summed E-state index contributed by atoms with van der Waals surface area (Å²) in [6, 6.07) is -1.15. The third kappa shape index (κ3) is 3.68. The summed E-state index contributed by atoms with van der Waals surface area (Å²) >= 11 is 0. The van der Waals surface area contributed by atoms with Crippen molar-refractivity contribution in [3.05, 3.63) is 50.5 Å². The summed E-state index contributed by atoms with van der Waals surface area (Å²) in [5.41, 5.74) is -6.01. The quantitative estimate of drug-likeness (QED) is 0.407. The highest BCUT2D eigenvalue weighted by molar-refractivity contribution is 6.25. The van der Waals surface area contributed by atoms with Crippen LogP contribution in [0.3, 0.4) is 0 Å². The third-order valence-corrected chi connectivity index (χ3v) is 8.80. The minimum absolute atomic E-state index is 0.00745. The second-order valence-corrected chi connectivity index (χ2v) is 11.4. The van der Waals surface area contributed by atoms with E-state index in [0.29, 0.717) is 13.0 Å². The number of phenols is 1. The van der Waals surface area contributed by atoms with E-state index < -0.39 is 93.0 Å². The number of rotatable bonds is 4. The summed E-state index contributed by atoms with van der Waals surface area (Å²) in [4.78, 5) is 42.8. The number of alkyl halides is 3. The van der Waals surface area contributed by atoms with Crippen LogP contribution in [0.25, 0.3) is 0 Å². The molecule has 0 radical (unpaired) electrons. The number of hydrogen-bond donors (Lipinski definition) is 4. The van der Waals surface area contributed by atoms with Gasteiger partial charge in [0.1, 0.15) is 22.8 Å². The van der Waals surface area contributed by atoms with E-state index >= 15 is 0 Å². The van der Waals surface area contributed by atoms with Gasteiger partial charge in [-0.3, -0.25) is 24.2 Å². The van der Waals surface area contributed by atoms with E-state index in [1.807, 2.05) is 6.92 Å². The van der Waals surface area contributed by atoms with Gasteiger partial charge in [0.15, 0.2) is 17.2 Å². The smallest absolute Gasteiger partial charge is 0.417 e. The molecule has 40 heavy (non-hydrogen) atoms. The molecule has 1 heterocycles. The van der Waals surface area contributed by atoms with E-state index in [2.05, 4.69) is 0 Å². The van der Waals surface area contributed by atoms with Crippen molar-refractivity contribution < 1.29 is 48.0 Å². The molecule has 4 N–H and O–H groups in total. The lowest BCUT2D eigenvalue weighted by Gasteiger charge is -2.50. The van der Waals surface area contributed by atoms with E-state index in [4.69, 9.17) is 0 Å². The number of ketones is 3. The van der Waals surface area contributed by atoms with Gasteiger partial charge < -0.3 is 20.4 Å². The Hall–Kier alpha value is -3.22. The molecule has 4 aliphatic rings. The molecule has 3 aliphatic carbocycles. The Morgan fingerprint density at radius 3 is 2.27 bits per heavy atom. The van der Waals surface area contributed by atoms with Crippen LogP contribution in [0, 0.1) is 11.8 Å². The number of phenolic OH excluding ortho intramolecular Hbond substituents is 1. The van der Waals surface area contributed by atoms with E-state index in [9.17, 15) is 48.0 Å². The molecule has 1 aromatic rings. The van der Waals surface area contributed by atoms with Crippen molar-refractivity contribution >= 4 is 17.3 Å². The Morgan fingerprint density at radius 2 is 1.73 bits per heavy atom. The van der Waals surface area contributed by atoms with Crippen molar-refractivity contribution in [1.82, 2.24) is 9.80 Å². The van der Waals surface area contributed by atoms with E-state index in [0.717, 1.165) is 6.92 Å². The first kappa shape index (κ1) is 28.3. The standard InChI is InChI=1S/C28H31F3N2O7/c1-5-6-33-9-14-15(10-33)22(35)19-13(20(14)28(29,30)31)7-12-8-16-21(32(3)4)24(37)17(11(2)34)25(38)27(16,40)26(39)18(12)23(19)36/h12,16,21,35,37,39-40H,5-10H2,1-4H3/t12-,16-,21-,27+/m0/s1. The number of benzene rings is 1. The molecule has 0 aromatic heterocycles. The van der Waals surface area contributed by atoms with Crippen LogP contribution in [0.15, 0.2) is 22.7 Å². The van der Waals surface area contributed by atoms with Crippen molar-refractivity contribution in [2.24, 2.45) is 11.8 Å². The van der Waals surface area contributed by atoms with Gasteiger partial charge in [-0.1, -0.05) is 6.92 Å². The average Bonchev–Trinajstić information content (AvgIpc) is 3.24. The first-order valence-electron chi connectivity index (χ1n) is 13.1. The molecule has 0 spiro atoms. The van der Waals surface area contributed by atoms with Crippen LogP contribution in [0.5, 0.6) is 5.75 Å². The zero-order valence-corrected chi connectivity index (χ0v) is 22.5. The summed E-state index contributed by atoms with van der Waals surface area (Å²) in [6.45, 7) is 3.33. The minimum atomic E-state index is -4.84. The van der Waals surface area contributed by atoms with Crippen LogP contribution in [0.1, 0.15) is 59.3 Å². The second-order valence-electron chi connectivity index (χ2n) is 11.4. The average molecular weight is 565 g/mol. The molecule has 216 valence electrons. The normalized spacial score (nSPS) is 28.6. The van der Waals surface area contributed by atoms with Crippen molar-refractivity contribution in [2.45, 2.75) is 64.0 Å². The van der Waals surface area contributed by atoms with E-state index in [-0.39, 0.29) is 36.2 Å². The van der Waals surface area contributed by atoms with E-state index in [1.165, 1.54) is 19.0 Å². The molecule has 1 aliphatic heterocycles. The molecule has 4 atom stereocenters. The summed E-state index contributed by atoms with van der Waals surface area (Å²) in [5.74, 6) is -7.86. The van der Waals surface area contributed by atoms with Gasteiger partial charge in [0.05, 0.1) is 17.2 Å². The SMILES string of the molecule is CCCN1Cc2c(O)c3c(c(C(F)(F)F)c2C1)C[C@H]1C[C@H]2[C@H](N(C)C)C(O)=C(C(C)=O)C(=O)[C@@]2(O)C(O)=C1C3=O. The Morgan fingerprint density at radius 1 is 1.10 bits per heavy atom. The monoisotopic (exact) mass is 564 g/mol. The Bertz CT molecular complexity index is 1430. The number of halogens is 3. The number of aromatic hydroxyl groups is 1. The number of hydrogen-bond acceptors (Lipinski definition) is 9. The highest BCUT2D eigenvalue weighted by Gasteiger charge is 2.63. The van der Waals surface area contributed by atoms with Crippen LogP contribution in [0.2, 0.25) is 0 Å². The fraction of sp³-hybridized carbons (Fsp3) is 0.536. The lowest BCUT2D eigenvalue weighted by atomic mass is 9.58. The zero-order chi connectivity index (χ0) is 29.6. The van der Waals surface area contributed by atoms with Gasteiger partial charge in [-0.15, -0.1) is 0 Å². The molecule has 9 nitrogen and oxygen atoms in total. The van der Waals surface area contributed by atoms with Crippen LogP contribution in [0.4, 0.5) is 13.2 Å². The molecule has 0 bridgehead atoms. The van der Waals surface area contributed by atoms with Gasteiger partial charge in [0, 0.05) is 30.1 Å². The molecule has 12 heteroatoms. The highest BCUT2D eigenvalue weighted by Crippen LogP contribution is 2.55. The summed E-state index contributed by atoms with van der Waals surface area (Å²) in [5, 5.41) is 45.1. The first-order valence-corrected chi connectivity index (χ1v) is 13.1. The van der Waals surface area contributed by atoms with Gasteiger partial charge in [-0.25, -0.2) is 0 Å². The Kier molecular flexibility index (Phi) is 6.48. The Labute approximate surface area is 228 Å². The summed E-state index contributed by atoms with van der Waals surface area (Å²) < 4.78 is 43.8. The molecule has 1 aromatic carbocycles. The van der Waals surface area contributed by atoms with Crippen LogP contribution in [-0.2, 0) is 35.3 Å². The van der Waals surface area contributed by atoms with Gasteiger partial charge in [-0.2, -0.15) is 13.2 Å². The maximum Gasteiger partial charge on any atom is 0.417 e. The molecule has 5 rings (SSSR count). The number of carbonyl (C=O) groups excluding carboxylic acids is 3. The first-order chi connectivity index (χ1) is 18.6. The topological polar surface area (TPSA) is 139 Å². The van der Waals surface area contributed by atoms with Gasteiger partial charge >= 0.3 is 6.18 Å². The van der Waals surface area contributed by atoms with E-state index in [1.54, 1.807) is 4.90 Å². The fourth-order valence-corrected chi connectivity index (χ4v) is 7.26. The lowest BCUT2D eigenvalue weighted by Crippen LogP contribution is -2.63. The predicted molar refractivity (Wildman–Crippen MR) is 135 cm³/mol. The number of allylic oxidation sites excluding steroid dienone is 1. The van der Waals surface area contributed by atoms with Gasteiger partial charge in [-0.05, 0) is 63.9 Å². The molecular weight excluding hydrogens is 533 g/mol. The molecule has 0 amide bonds. The van der Waals surface area contributed by atoms with Crippen LogP contribution in [-0.4, -0.2) is 79.9 Å². The molecule has 0 unspecified atom stereocenters. The molecule has 0 saturated carbocycles. The van der Waals surface area contributed by atoms with Crippen LogP contribution >= 0.6 is 0 Å². The number of carbonyl (C=O) groups is 3. The number of fused-ring (bicyclic) bond motifs is 4. The summed E-state index contributed by atoms with van der Waals surface area (Å²) in [6.07, 6.45) is -4.81. The Balaban J connectivity index is 1.75. The second kappa shape index (κ2) is 9.15. The molecule has 0 saturated heterocycles. The maximum absolute atomic E-state index is 14.6. The van der Waals surface area contributed by atoms with Gasteiger partial charge in [0.2, 0.25) is 5.78 Å². The van der Waals surface area contributed by atoms with Crippen molar-refractivity contribution in [2.75, 3.05) is 20.6 Å². The fourth-order valence-electron chi connectivity index (χ4n) is 7.26. The van der Waals surface area contributed by atoms with Gasteiger partial charge in [0.25, 0.3) is 0 Å². The zero-order valence-electron chi connectivity index (χ0n) is 22.5. The number of likely N-dealkylation sites (N-methyl/N-ethyl adjacent to an activating group) is 1. The maximum atomic E-state index is 14.6. The number of aliphatic hydroxyl groups excluding tert-OH is 2. The van der Waals surface area contributed by atoms with Crippen molar-refractivity contribution in [3.8, 4) is 5.75 Å². The summed E-state index contributed by atoms with van der Waals surface area (Å²) in [7, 11) is 3.02. The lowest BCUT2D eigenvalue weighted by molar-refractivity contribution is -0.148. The van der Waals surface area contributed by atoms with Crippen molar-refractivity contribution in [3.63, 3.8) is 0 Å². The van der Waals surface area contributed by atoms with Crippen LogP contribution < -0.4 is 0 Å². The van der Waals surface area contributed by atoms with Crippen molar-refractivity contribution in [1.29, 1.82) is 0 Å². The minimum Gasteiger partial charge on any atom is -0.510 e. The highest BCUT2D eigenvalue weighted by atomic mass is 19.4. The number of nitrogens with zero attached hydrogens (tertiary/aromatic N) is 2. The number of aliphatic hydroxyl groups is 3. The predicted octanol–water partition coefficient (Wildman–Crippen LogP) is 2.97. The molecular formula is C28H31F3N2O7. The molecule has 0 fully saturated rings. The number of Topliss-reactive ketones (excluding diaryl/α,β-unsaturated/α-hetero) is 3. The third-order valence-electron chi connectivity index (χ3n) is 8.80.